The van der Waals surface area contributed by atoms with Crippen molar-refractivity contribution in [2.45, 2.75) is 24.4 Å². The number of amides is 1. The van der Waals surface area contributed by atoms with E-state index in [1.807, 2.05) is 0 Å². The summed E-state index contributed by atoms with van der Waals surface area (Å²) >= 11 is 0. The molecule has 112 valence electrons. The predicted molar refractivity (Wildman–Crippen MR) is 66.1 cm³/mol. The van der Waals surface area contributed by atoms with Gasteiger partial charge in [-0.3, -0.25) is 4.79 Å². The number of hydrogen-bond acceptors (Lipinski definition) is 6. The lowest BCUT2D eigenvalue weighted by Crippen LogP contribution is -2.50. The van der Waals surface area contributed by atoms with Crippen molar-refractivity contribution in [3.05, 3.63) is 30.1 Å². The average Bonchev–Trinajstić information content (AvgIpc) is 2.46. The SMILES string of the molecule is O=C(Nc1ccc(F)cc1)[C@H](O)[C@@H](O)[C@H](O)[C@H](O)CO. The van der Waals surface area contributed by atoms with E-state index < -0.39 is 42.7 Å². The van der Waals surface area contributed by atoms with Crippen LogP contribution in [0.2, 0.25) is 0 Å². The molecule has 1 aromatic rings. The molecule has 4 atom stereocenters. The highest BCUT2D eigenvalue weighted by Crippen LogP contribution is 2.11. The maximum Gasteiger partial charge on any atom is 0.256 e. The van der Waals surface area contributed by atoms with Crippen LogP contribution in [-0.4, -0.2) is 62.5 Å². The van der Waals surface area contributed by atoms with Gasteiger partial charge >= 0.3 is 0 Å². The smallest absolute Gasteiger partial charge is 0.256 e. The maximum absolute atomic E-state index is 12.7. The van der Waals surface area contributed by atoms with Gasteiger partial charge in [0.15, 0.2) is 6.10 Å². The Balaban J connectivity index is 2.64. The fourth-order valence-electron chi connectivity index (χ4n) is 1.43. The van der Waals surface area contributed by atoms with Crippen molar-refractivity contribution in [2.24, 2.45) is 0 Å². The second-order valence-corrected chi connectivity index (χ2v) is 4.17. The molecule has 1 amide bonds. The van der Waals surface area contributed by atoms with E-state index in [0.717, 1.165) is 12.1 Å². The van der Waals surface area contributed by atoms with Gasteiger partial charge in [0.05, 0.1) is 6.61 Å². The molecule has 0 aliphatic carbocycles. The second-order valence-electron chi connectivity index (χ2n) is 4.17. The molecular formula is C12H16FNO6. The molecule has 7 nitrogen and oxygen atoms in total. The Bertz CT molecular complexity index is 440. The van der Waals surface area contributed by atoms with E-state index in [9.17, 15) is 24.5 Å². The Morgan fingerprint density at radius 3 is 2.15 bits per heavy atom. The third-order valence-corrected chi connectivity index (χ3v) is 2.64. The van der Waals surface area contributed by atoms with Gasteiger partial charge in [-0.05, 0) is 24.3 Å². The van der Waals surface area contributed by atoms with E-state index in [-0.39, 0.29) is 5.69 Å². The van der Waals surface area contributed by atoms with Gasteiger partial charge in [0.2, 0.25) is 0 Å². The standard InChI is InChI=1S/C12H16FNO6/c13-6-1-3-7(4-2-6)14-12(20)11(19)10(18)9(17)8(16)5-15/h1-4,8-11,15-19H,5H2,(H,14,20)/t8-,9-,10+,11-/m1/s1. The van der Waals surface area contributed by atoms with Crippen molar-refractivity contribution in [2.75, 3.05) is 11.9 Å². The Morgan fingerprint density at radius 2 is 1.65 bits per heavy atom. The van der Waals surface area contributed by atoms with Gasteiger partial charge in [0.25, 0.3) is 5.91 Å². The van der Waals surface area contributed by atoms with Crippen LogP contribution in [0.4, 0.5) is 10.1 Å². The fraction of sp³-hybridized carbons (Fsp3) is 0.417. The minimum Gasteiger partial charge on any atom is -0.394 e. The maximum atomic E-state index is 12.7. The molecule has 8 heteroatoms. The largest absolute Gasteiger partial charge is 0.394 e. The van der Waals surface area contributed by atoms with Crippen molar-refractivity contribution in [1.29, 1.82) is 0 Å². The second kappa shape index (κ2) is 7.27. The minimum absolute atomic E-state index is 0.180. The number of anilines is 1. The van der Waals surface area contributed by atoms with Gasteiger partial charge < -0.3 is 30.8 Å². The Morgan fingerprint density at radius 1 is 1.10 bits per heavy atom. The lowest BCUT2D eigenvalue weighted by molar-refractivity contribution is -0.144. The number of halogens is 1. The minimum atomic E-state index is -2.03. The predicted octanol–water partition coefficient (Wildman–Crippen LogP) is -1.80. The van der Waals surface area contributed by atoms with E-state index in [2.05, 4.69) is 5.32 Å². The quantitative estimate of drug-likeness (QED) is 0.366. The van der Waals surface area contributed by atoms with Crippen molar-refractivity contribution in [3.8, 4) is 0 Å². The van der Waals surface area contributed by atoms with Crippen LogP contribution in [0.3, 0.4) is 0 Å². The molecule has 0 saturated carbocycles. The molecule has 0 unspecified atom stereocenters. The molecule has 0 spiro atoms. The summed E-state index contributed by atoms with van der Waals surface area (Å²) in [6, 6.07) is 4.65. The number of carbonyl (C=O) groups excluding carboxylic acids is 1. The zero-order valence-corrected chi connectivity index (χ0v) is 10.3. The first-order chi connectivity index (χ1) is 9.36. The van der Waals surface area contributed by atoms with Gasteiger partial charge in [0, 0.05) is 5.69 Å². The van der Waals surface area contributed by atoms with E-state index in [1.54, 1.807) is 0 Å². The van der Waals surface area contributed by atoms with Crippen LogP contribution in [0.15, 0.2) is 24.3 Å². The number of nitrogens with one attached hydrogen (secondary N) is 1. The summed E-state index contributed by atoms with van der Waals surface area (Å²) in [5, 5.41) is 48.3. The zero-order valence-electron chi connectivity index (χ0n) is 10.3. The lowest BCUT2D eigenvalue weighted by atomic mass is 10.0. The molecule has 0 saturated heterocycles. The summed E-state index contributed by atoms with van der Waals surface area (Å²) in [7, 11) is 0. The molecule has 0 aliphatic heterocycles. The van der Waals surface area contributed by atoms with Crippen LogP contribution in [0.1, 0.15) is 0 Å². The lowest BCUT2D eigenvalue weighted by Gasteiger charge is -2.24. The summed E-state index contributed by atoms with van der Waals surface area (Å²) in [6.45, 7) is -0.843. The topological polar surface area (TPSA) is 130 Å². The first-order valence-electron chi connectivity index (χ1n) is 5.76. The van der Waals surface area contributed by atoms with Crippen LogP contribution in [0, 0.1) is 5.82 Å². The molecular weight excluding hydrogens is 273 g/mol. The fourth-order valence-corrected chi connectivity index (χ4v) is 1.43. The molecule has 0 heterocycles. The highest BCUT2D eigenvalue weighted by atomic mass is 19.1. The molecule has 1 rings (SSSR count). The van der Waals surface area contributed by atoms with Gasteiger partial charge in [0.1, 0.15) is 24.1 Å². The first-order valence-corrected chi connectivity index (χ1v) is 5.76. The van der Waals surface area contributed by atoms with Crippen LogP contribution in [0.25, 0.3) is 0 Å². The molecule has 0 fully saturated rings. The van der Waals surface area contributed by atoms with E-state index in [4.69, 9.17) is 10.2 Å². The Hall–Kier alpha value is -1.58. The summed E-state index contributed by atoms with van der Waals surface area (Å²) in [4.78, 5) is 11.6. The number of rotatable bonds is 6. The number of carbonyl (C=O) groups is 1. The number of hydrogen-bond donors (Lipinski definition) is 6. The Kier molecular flexibility index (Phi) is 5.99. The molecule has 1 aromatic carbocycles. The highest BCUT2D eigenvalue weighted by Gasteiger charge is 2.34. The number of aliphatic hydroxyl groups is 5. The highest BCUT2D eigenvalue weighted by molar-refractivity contribution is 5.94. The van der Waals surface area contributed by atoms with E-state index >= 15 is 0 Å². The molecule has 20 heavy (non-hydrogen) atoms. The van der Waals surface area contributed by atoms with Crippen LogP contribution < -0.4 is 5.32 Å². The van der Waals surface area contributed by atoms with Crippen LogP contribution in [-0.2, 0) is 4.79 Å². The molecule has 0 aliphatic rings. The monoisotopic (exact) mass is 289 g/mol. The normalized spacial score (nSPS) is 17.1. The van der Waals surface area contributed by atoms with Gasteiger partial charge in [-0.2, -0.15) is 0 Å². The third kappa shape index (κ3) is 4.22. The van der Waals surface area contributed by atoms with Gasteiger partial charge in [-0.25, -0.2) is 4.39 Å². The van der Waals surface area contributed by atoms with Crippen molar-refractivity contribution in [3.63, 3.8) is 0 Å². The zero-order chi connectivity index (χ0) is 15.3. The number of aliphatic hydroxyl groups excluding tert-OH is 5. The van der Waals surface area contributed by atoms with Gasteiger partial charge in [-0.15, -0.1) is 0 Å². The molecule has 0 aromatic heterocycles. The number of benzene rings is 1. The summed E-state index contributed by atoms with van der Waals surface area (Å²) < 4.78 is 12.7. The van der Waals surface area contributed by atoms with Crippen molar-refractivity contribution >= 4 is 11.6 Å². The van der Waals surface area contributed by atoms with E-state index in [1.165, 1.54) is 12.1 Å². The van der Waals surface area contributed by atoms with Crippen molar-refractivity contribution in [1.82, 2.24) is 0 Å². The van der Waals surface area contributed by atoms with Crippen LogP contribution in [0.5, 0.6) is 0 Å². The molecule has 0 bridgehead atoms. The van der Waals surface area contributed by atoms with Crippen molar-refractivity contribution < 1.29 is 34.7 Å². The summed E-state index contributed by atoms with van der Waals surface area (Å²) in [6.07, 6.45) is -7.61. The molecule has 0 radical (unpaired) electrons. The first kappa shape index (κ1) is 16.5. The average molecular weight is 289 g/mol. The van der Waals surface area contributed by atoms with E-state index in [0.29, 0.717) is 0 Å². The molecule has 6 N–H and O–H groups in total. The summed E-state index contributed by atoms with van der Waals surface area (Å²) in [5.41, 5.74) is 0.180. The Labute approximate surface area is 113 Å². The van der Waals surface area contributed by atoms with Gasteiger partial charge in [-0.1, -0.05) is 0 Å². The van der Waals surface area contributed by atoms with Crippen LogP contribution >= 0.6 is 0 Å². The third-order valence-electron chi connectivity index (χ3n) is 2.64. The summed E-state index contributed by atoms with van der Waals surface area (Å²) in [5.74, 6) is -1.56.